The molecule has 0 spiro atoms. The number of hydrogen-bond donors (Lipinski definition) is 2. The predicted molar refractivity (Wildman–Crippen MR) is 75.3 cm³/mol. The summed E-state index contributed by atoms with van der Waals surface area (Å²) in [6, 6.07) is 8.21. The number of rotatable bonds is 5. The van der Waals surface area contributed by atoms with E-state index < -0.39 is 0 Å². The van der Waals surface area contributed by atoms with Crippen LogP contribution in [0.15, 0.2) is 24.3 Å². The van der Waals surface area contributed by atoms with Crippen LogP contribution in [0.5, 0.6) is 0 Å². The van der Waals surface area contributed by atoms with E-state index in [1.807, 2.05) is 12.1 Å². The van der Waals surface area contributed by atoms with Crippen molar-refractivity contribution in [2.24, 2.45) is 5.92 Å². The van der Waals surface area contributed by atoms with Gasteiger partial charge in [-0.2, -0.15) is 0 Å². The standard InChI is InChI=1S/C16H25NO/c18-13-16-9-7-15(8-10-16)12-17-11-14-5-3-1-2-4-6-14/h7-10,14,17-18H,1-6,11-13H2. The van der Waals surface area contributed by atoms with Gasteiger partial charge in [-0.25, -0.2) is 0 Å². The van der Waals surface area contributed by atoms with Crippen LogP contribution < -0.4 is 5.32 Å². The van der Waals surface area contributed by atoms with E-state index in [0.717, 1.165) is 24.6 Å². The third-order valence-corrected chi connectivity index (χ3v) is 3.94. The van der Waals surface area contributed by atoms with Gasteiger partial charge < -0.3 is 10.4 Å². The molecular weight excluding hydrogens is 222 g/mol. The second kappa shape index (κ2) is 7.55. The molecule has 0 amide bonds. The molecule has 0 bridgehead atoms. The van der Waals surface area contributed by atoms with Gasteiger partial charge in [0, 0.05) is 6.54 Å². The normalized spacial score (nSPS) is 17.6. The van der Waals surface area contributed by atoms with Crippen LogP contribution in [-0.2, 0) is 13.2 Å². The summed E-state index contributed by atoms with van der Waals surface area (Å²) in [6.45, 7) is 2.24. The van der Waals surface area contributed by atoms with Gasteiger partial charge in [-0.1, -0.05) is 49.9 Å². The van der Waals surface area contributed by atoms with E-state index in [2.05, 4.69) is 17.4 Å². The van der Waals surface area contributed by atoms with Crippen LogP contribution in [0.1, 0.15) is 49.7 Å². The lowest BCUT2D eigenvalue weighted by Crippen LogP contribution is -2.22. The molecular formula is C16H25NO. The highest BCUT2D eigenvalue weighted by molar-refractivity contribution is 5.21. The smallest absolute Gasteiger partial charge is 0.0681 e. The Labute approximate surface area is 110 Å². The molecule has 2 nitrogen and oxygen atoms in total. The van der Waals surface area contributed by atoms with Gasteiger partial charge in [0.05, 0.1) is 6.61 Å². The molecule has 0 aromatic heterocycles. The first-order valence-corrected chi connectivity index (χ1v) is 7.28. The highest BCUT2D eigenvalue weighted by Gasteiger charge is 2.11. The van der Waals surface area contributed by atoms with Gasteiger partial charge >= 0.3 is 0 Å². The first kappa shape index (κ1) is 13.6. The van der Waals surface area contributed by atoms with Gasteiger partial charge in [0.1, 0.15) is 0 Å². The molecule has 1 aliphatic carbocycles. The Bertz CT molecular complexity index is 325. The molecule has 0 aliphatic heterocycles. The molecule has 1 saturated carbocycles. The van der Waals surface area contributed by atoms with Gasteiger partial charge in [0.2, 0.25) is 0 Å². The SMILES string of the molecule is OCc1ccc(CNCC2CCCCCC2)cc1. The van der Waals surface area contributed by atoms with Gasteiger partial charge in [-0.3, -0.25) is 0 Å². The van der Waals surface area contributed by atoms with E-state index in [9.17, 15) is 0 Å². The fourth-order valence-electron chi connectivity index (χ4n) is 2.75. The van der Waals surface area contributed by atoms with Gasteiger partial charge in [0.15, 0.2) is 0 Å². The number of nitrogens with one attached hydrogen (secondary N) is 1. The molecule has 0 atom stereocenters. The highest BCUT2D eigenvalue weighted by Crippen LogP contribution is 2.22. The Kier molecular flexibility index (Phi) is 5.69. The van der Waals surface area contributed by atoms with E-state index >= 15 is 0 Å². The molecule has 1 fully saturated rings. The summed E-state index contributed by atoms with van der Waals surface area (Å²) in [5, 5.41) is 12.6. The molecule has 2 rings (SSSR count). The maximum absolute atomic E-state index is 8.99. The minimum absolute atomic E-state index is 0.135. The van der Waals surface area contributed by atoms with Crippen molar-refractivity contribution < 1.29 is 5.11 Å². The largest absolute Gasteiger partial charge is 0.392 e. The summed E-state index contributed by atoms with van der Waals surface area (Å²) >= 11 is 0. The average molecular weight is 247 g/mol. The number of aliphatic hydroxyl groups excluding tert-OH is 1. The Morgan fingerprint density at radius 3 is 2.17 bits per heavy atom. The maximum atomic E-state index is 8.99. The molecule has 100 valence electrons. The van der Waals surface area contributed by atoms with Crippen LogP contribution in [0.25, 0.3) is 0 Å². The predicted octanol–water partition coefficient (Wildman–Crippen LogP) is 3.24. The zero-order chi connectivity index (χ0) is 12.6. The van der Waals surface area contributed by atoms with E-state index in [0.29, 0.717) is 0 Å². The highest BCUT2D eigenvalue weighted by atomic mass is 16.3. The van der Waals surface area contributed by atoms with Crippen LogP contribution in [0.2, 0.25) is 0 Å². The fraction of sp³-hybridized carbons (Fsp3) is 0.625. The van der Waals surface area contributed by atoms with Crippen molar-refractivity contribution in [3.63, 3.8) is 0 Å². The molecule has 1 aromatic rings. The summed E-state index contributed by atoms with van der Waals surface area (Å²) in [6.07, 6.45) is 8.49. The summed E-state index contributed by atoms with van der Waals surface area (Å²) in [4.78, 5) is 0. The summed E-state index contributed by atoms with van der Waals surface area (Å²) in [5.74, 6) is 0.879. The third-order valence-electron chi connectivity index (χ3n) is 3.94. The van der Waals surface area contributed by atoms with Crippen molar-refractivity contribution in [2.75, 3.05) is 6.54 Å². The second-order valence-corrected chi connectivity index (χ2v) is 5.46. The second-order valence-electron chi connectivity index (χ2n) is 5.46. The molecule has 0 heterocycles. The van der Waals surface area contributed by atoms with Gasteiger partial charge in [-0.15, -0.1) is 0 Å². The molecule has 0 radical (unpaired) electrons. The van der Waals surface area contributed by atoms with Crippen LogP contribution in [0.3, 0.4) is 0 Å². The van der Waals surface area contributed by atoms with Crippen LogP contribution in [-0.4, -0.2) is 11.7 Å². The van der Waals surface area contributed by atoms with E-state index in [1.165, 1.54) is 44.1 Å². The molecule has 1 aromatic carbocycles. The van der Waals surface area contributed by atoms with Crippen molar-refractivity contribution in [3.8, 4) is 0 Å². The molecule has 2 N–H and O–H groups in total. The molecule has 0 unspecified atom stereocenters. The monoisotopic (exact) mass is 247 g/mol. The topological polar surface area (TPSA) is 32.3 Å². The van der Waals surface area contributed by atoms with Gasteiger partial charge in [0.25, 0.3) is 0 Å². The Morgan fingerprint density at radius 2 is 1.56 bits per heavy atom. The van der Waals surface area contributed by atoms with Crippen LogP contribution in [0.4, 0.5) is 0 Å². The summed E-state index contributed by atoms with van der Waals surface area (Å²) in [7, 11) is 0. The average Bonchev–Trinajstić information content (AvgIpc) is 2.68. The van der Waals surface area contributed by atoms with E-state index in [-0.39, 0.29) is 6.61 Å². The van der Waals surface area contributed by atoms with E-state index in [1.54, 1.807) is 0 Å². The molecule has 0 saturated heterocycles. The van der Waals surface area contributed by atoms with Crippen molar-refractivity contribution in [3.05, 3.63) is 35.4 Å². The zero-order valence-corrected chi connectivity index (χ0v) is 11.2. The molecule has 18 heavy (non-hydrogen) atoms. The minimum Gasteiger partial charge on any atom is -0.392 e. The molecule has 1 aliphatic rings. The number of aliphatic hydroxyl groups is 1. The van der Waals surface area contributed by atoms with Crippen LogP contribution in [0, 0.1) is 5.92 Å². The Morgan fingerprint density at radius 1 is 0.944 bits per heavy atom. The first-order valence-electron chi connectivity index (χ1n) is 7.28. The number of hydrogen-bond acceptors (Lipinski definition) is 2. The Balaban J connectivity index is 1.70. The lowest BCUT2D eigenvalue weighted by molar-refractivity contribution is 0.282. The van der Waals surface area contributed by atoms with Crippen molar-refractivity contribution >= 4 is 0 Å². The maximum Gasteiger partial charge on any atom is 0.0681 e. The Hall–Kier alpha value is -0.860. The minimum atomic E-state index is 0.135. The summed E-state index contributed by atoms with van der Waals surface area (Å²) < 4.78 is 0. The number of benzene rings is 1. The van der Waals surface area contributed by atoms with Crippen molar-refractivity contribution in [2.45, 2.75) is 51.7 Å². The molecule has 2 heteroatoms. The lowest BCUT2D eigenvalue weighted by Gasteiger charge is -2.14. The van der Waals surface area contributed by atoms with Crippen molar-refractivity contribution in [1.82, 2.24) is 5.32 Å². The van der Waals surface area contributed by atoms with Gasteiger partial charge in [-0.05, 0) is 36.4 Å². The summed E-state index contributed by atoms with van der Waals surface area (Å²) in [5.41, 5.74) is 2.29. The lowest BCUT2D eigenvalue weighted by atomic mass is 10.0. The van der Waals surface area contributed by atoms with Crippen molar-refractivity contribution in [1.29, 1.82) is 0 Å². The fourth-order valence-corrected chi connectivity index (χ4v) is 2.75. The third kappa shape index (κ3) is 4.43. The first-order chi connectivity index (χ1) is 8.88. The van der Waals surface area contributed by atoms with E-state index in [4.69, 9.17) is 5.11 Å². The zero-order valence-electron chi connectivity index (χ0n) is 11.2. The van der Waals surface area contributed by atoms with Crippen LogP contribution >= 0.6 is 0 Å². The quantitative estimate of drug-likeness (QED) is 0.783.